The Balaban J connectivity index is 2.10. The molecule has 0 aliphatic heterocycles. The standard InChI is InChI=1S/C14H20ClN3O/c1-8-4-3-5-12(9(8)2)18-14(19)10-6-13(15)17-7-11(10)16/h6-9,12H,3-5,16H2,1-2H3,(H,18,19). The number of amides is 1. The molecule has 1 saturated carbocycles. The predicted octanol–water partition coefficient (Wildman–Crippen LogP) is 2.87. The van der Waals surface area contributed by atoms with Crippen molar-refractivity contribution in [2.75, 3.05) is 5.73 Å². The molecule has 0 radical (unpaired) electrons. The maximum absolute atomic E-state index is 12.3. The molecule has 1 aromatic rings. The third-order valence-corrected chi connectivity index (χ3v) is 4.38. The van der Waals surface area contributed by atoms with Crippen molar-refractivity contribution in [1.29, 1.82) is 0 Å². The zero-order valence-electron chi connectivity index (χ0n) is 11.3. The number of nitrogens with one attached hydrogen (secondary N) is 1. The highest BCUT2D eigenvalue weighted by atomic mass is 35.5. The molecule has 1 aliphatic rings. The molecule has 4 nitrogen and oxygen atoms in total. The molecular formula is C14H20ClN3O. The average molecular weight is 282 g/mol. The van der Waals surface area contributed by atoms with E-state index in [9.17, 15) is 4.79 Å². The second kappa shape index (κ2) is 5.78. The molecule has 1 fully saturated rings. The van der Waals surface area contributed by atoms with Gasteiger partial charge in [0.1, 0.15) is 5.15 Å². The first-order chi connectivity index (χ1) is 8.99. The van der Waals surface area contributed by atoms with Crippen LogP contribution in [0, 0.1) is 11.8 Å². The molecule has 19 heavy (non-hydrogen) atoms. The first kappa shape index (κ1) is 14.1. The van der Waals surface area contributed by atoms with Crippen LogP contribution >= 0.6 is 11.6 Å². The summed E-state index contributed by atoms with van der Waals surface area (Å²) in [7, 11) is 0. The average Bonchev–Trinajstić information content (AvgIpc) is 2.38. The lowest BCUT2D eigenvalue weighted by Crippen LogP contribution is -2.43. The quantitative estimate of drug-likeness (QED) is 0.819. The summed E-state index contributed by atoms with van der Waals surface area (Å²) in [6, 6.07) is 1.73. The Hall–Kier alpha value is -1.29. The van der Waals surface area contributed by atoms with Gasteiger partial charge in [-0.3, -0.25) is 4.79 Å². The number of nitrogen functional groups attached to an aromatic ring is 1. The number of nitrogens with two attached hydrogens (primary N) is 1. The van der Waals surface area contributed by atoms with E-state index >= 15 is 0 Å². The molecule has 0 bridgehead atoms. The topological polar surface area (TPSA) is 68.0 Å². The van der Waals surface area contributed by atoms with E-state index < -0.39 is 0 Å². The van der Waals surface area contributed by atoms with E-state index in [-0.39, 0.29) is 17.1 Å². The molecule has 5 heteroatoms. The van der Waals surface area contributed by atoms with E-state index in [2.05, 4.69) is 24.1 Å². The Labute approximate surface area is 118 Å². The number of nitrogens with zero attached hydrogens (tertiary/aromatic N) is 1. The summed E-state index contributed by atoms with van der Waals surface area (Å²) in [5, 5.41) is 3.36. The van der Waals surface area contributed by atoms with Crippen molar-refractivity contribution in [2.24, 2.45) is 11.8 Å². The van der Waals surface area contributed by atoms with Crippen LogP contribution in [0.1, 0.15) is 43.5 Å². The zero-order valence-corrected chi connectivity index (χ0v) is 12.1. The highest BCUT2D eigenvalue weighted by molar-refractivity contribution is 6.29. The normalized spacial score (nSPS) is 27.0. The van der Waals surface area contributed by atoms with Crippen LogP contribution in [0.4, 0.5) is 5.69 Å². The highest BCUT2D eigenvalue weighted by Gasteiger charge is 2.28. The summed E-state index contributed by atoms with van der Waals surface area (Å²) < 4.78 is 0. The van der Waals surface area contributed by atoms with Gasteiger partial charge in [-0.2, -0.15) is 0 Å². The summed E-state index contributed by atoms with van der Waals surface area (Å²) >= 11 is 5.81. The SMILES string of the molecule is CC1CCCC(NC(=O)c2cc(Cl)ncc2N)C1C. The highest BCUT2D eigenvalue weighted by Crippen LogP contribution is 2.29. The van der Waals surface area contributed by atoms with Crippen molar-refractivity contribution in [3.63, 3.8) is 0 Å². The van der Waals surface area contributed by atoms with Crippen molar-refractivity contribution >= 4 is 23.2 Å². The van der Waals surface area contributed by atoms with Gasteiger partial charge < -0.3 is 11.1 Å². The van der Waals surface area contributed by atoms with E-state index in [0.717, 1.165) is 12.8 Å². The predicted molar refractivity (Wildman–Crippen MR) is 77.1 cm³/mol. The fraction of sp³-hybridized carbons (Fsp3) is 0.571. The number of carbonyl (C=O) groups is 1. The van der Waals surface area contributed by atoms with Crippen molar-refractivity contribution in [2.45, 2.75) is 39.2 Å². The van der Waals surface area contributed by atoms with Crippen LogP contribution < -0.4 is 11.1 Å². The number of pyridine rings is 1. The van der Waals surface area contributed by atoms with Gasteiger partial charge in [-0.05, 0) is 24.3 Å². The Bertz CT molecular complexity index is 478. The van der Waals surface area contributed by atoms with Gasteiger partial charge >= 0.3 is 0 Å². The first-order valence-electron chi connectivity index (χ1n) is 6.71. The minimum absolute atomic E-state index is 0.159. The summed E-state index contributed by atoms with van der Waals surface area (Å²) in [4.78, 5) is 16.1. The summed E-state index contributed by atoms with van der Waals surface area (Å²) in [6.45, 7) is 4.43. The molecule has 1 aliphatic carbocycles. The number of anilines is 1. The fourth-order valence-corrected chi connectivity index (χ4v) is 2.83. The smallest absolute Gasteiger partial charge is 0.253 e. The number of carbonyl (C=O) groups excluding carboxylic acids is 1. The van der Waals surface area contributed by atoms with E-state index in [0.29, 0.717) is 23.1 Å². The van der Waals surface area contributed by atoms with Crippen LogP contribution in [0.25, 0.3) is 0 Å². The maximum atomic E-state index is 12.3. The summed E-state index contributed by atoms with van der Waals surface area (Å²) in [5.74, 6) is 0.960. The lowest BCUT2D eigenvalue weighted by Gasteiger charge is -2.34. The van der Waals surface area contributed by atoms with Gasteiger partial charge in [0.25, 0.3) is 5.91 Å². The largest absolute Gasteiger partial charge is 0.397 e. The second-order valence-corrected chi connectivity index (χ2v) is 5.83. The molecular weight excluding hydrogens is 262 g/mol. The monoisotopic (exact) mass is 281 g/mol. The number of hydrogen-bond acceptors (Lipinski definition) is 3. The minimum atomic E-state index is -0.159. The lowest BCUT2D eigenvalue weighted by molar-refractivity contribution is 0.0892. The van der Waals surface area contributed by atoms with Crippen molar-refractivity contribution in [3.8, 4) is 0 Å². The van der Waals surface area contributed by atoms with Crippen molar-refractivity contribution < 1.29 is 4.79 Å². The molecule has 0 spiro atoms. The third kappa shape index (κ3) is 3.18. The first-order valence-corrected chi connectivity index (χ1v) is 7.08. The summed E-state index contributed by atoms with van der Waals surface area (Å²) in [6.07, 6.45) is 4.83. The van der Waals surface area contributed by atoms with Gasteiger partial charge in [0.2, 0.25) is 0 Å². The van der Waals surface area contributed by atoms with Gasteiger partial charge in [-0.25, -0.2) is 4.98 Å². The van der Waals surface area contributed by atoms with E-state index in [4.69, 9.17) is 17.3 Å². The van der Waals surface area contributed by atoms with Gasteiger partial charge in [0.05, 0.1) is 17.4 Å². The Morgan fingerprint density at radius 2 is 2.21 bits per heavy atom. The van der Waals surface area contributed by atoms with Crippen LogP contribution in [-0.4, -0.2) is 16.9 Å². The summed E-state index contributed by atoms with van der Waals surface area (Å²) in [5.41, 5.74) is 6.54. The van der Waals surface area contributed by atoms with E-state index in [1.54, 1.807) is 0 Å². The molecule has 1 aromatic heterocycles. The van der Waals surface area contributed by atoms with Crippen molar-refractivity contribution in [3.05, 3.63) is 23.0 Å². The van der Waals surface area contributed by atoms with Gasteiger partial charge in [-0.15, -0.1) is 0 Å². The molecule has 3 unspecified atom stereocenters. The van der Waals surface area contributed by atoms with Crippen LogP contribution in [0.5, 0.6) is 0 Å². The van der Waals surface area contributed by atoms with E-state index in [1.807, 2.05) is 0 Å². The Kier molecular flexibility index (Phi) is 4.30. The van der Waals surface area contributed by atoms with Gasteiger partial charge in [0, 0.05) is 6.04 Å². The van der Waals surface area contributed by atoms with Crippen LogP contribution in [-0.2, 0) is 0 Å². The van der Waals surface area contributed by atoms with Gasteiger partial charge in [-0.1, -0.05) is 38.3 Å². The zero-order chi connectivity index (χ0) is 14.0. The van der Waals surface area contributed by atoms with Crippen LogP contribution in [0.15, 0.2) is 12.3 Å². The van der Waals surface area contributed by atoms with Crippen LogP contribution in [0.3, 0.4) is 0 Å². The molecule has 3 atom stereocenters. The molecule has 2 rings (SSSR count). The number of aromatic nitrogens is 1. The van der Waals surface area contributed by atoms with E-state index in [1.165, 1.54) is 18.7 Å². The molecule has 104 valence electrons. The molecule has 1 amide bonds. The molecule has 3 N–H and O–H groups in total. The number of halogens is 1. The fourth-order valence-electron chi connectivity index (χ4n) is 2.67. The minimum Gasteiger partial charge on any atom is -0.397 e. The number of rotatable bonds is 2. The Morgan fingerprint density at radius 3 is 2.95 bits per heavy atom. The maximum Gasteiger partial charge on any atom is 0.253 e. The number of hydrogen-bond donors (Lipinski definition) is 2. The van der Waals surface area contributed by atoms with Crippen LogP contribution in [0.2, 0.25) is 5.15 Å². The molecule has 1 heterocycles. The molecule has 0 aromatic carbocycles. The second-order valence-electron chi connectivity index (χ2n) is 5.44. The van der Waals surface area contributed by atoms with Gasteiger partial charge in [0.15, 0.2) is 0 Å². The third-order valence-electron chi connectivity index (χ3n) is 4.17. The van der Waals surface area contributed by atoms with Crippen molar-refractivity contribution in [1.82, 2.24) is 10.3 Å². The molecule has 0 saturated heterocycles. The Morgan fingerprint density at radius 1 is 1.47 bits per heavy atom. The lowest BCUT2D eigenvalue weighted by atomic mass is 9.78.